The summed E-state index contributed by atoms with van der Waals surface area (Å²) >= 11 is 0. The maximum Gasteiger partial charge on any atom is 0.222 e. The first-order chi connectivity index (χ1) is 8.68. The molecule has 0 N–H and O–H groups in total. The van der Waals surface area contributed by atoms with Crippen LogP contribution >= 0.6 is 0 Å². The molecular formula is C13H22N4O. The second kappa shape index (κ2) is 5.98. The molecule has 1 fully saturated rings. The minimum Gasteiger partial charge on any atom is -0.349 e. The van der Waals surface area contributed by atoms with Crippen LogP contribution in [-0.4, -0.2) is 39.7 Å². The maximum atomic E-state index is 11.6. The average Bonchev–Trinajstić information content (AvgIpc) is 2.85. The minimum absolute atomic E-state index is 0.146. The van der Waals surface area contributed by atoms with E-state index in [1.165, 1.54) is 32.1 Å². The van der Waals surface area contributed by atoms with Crippen LogP contribution in [0, 0.1) is 0 Å². The smallest absolute Gasteiger partial charge is 0.222 e. The van der Waals surface area contributed by atoms with E-state index in [0.29, 0.717) is 18.9 Å². The van der Waals surface area contributed by atoms with Crippen molar-refractivity contribution in [3.8, 4) is 0 Å². The molecule has 0 aliphatic heterocycles. The summed E-state index contributed by atoms with van der Waals surface area (Å²) in [7, 11) is 3.57. The highest BCUT2D eigenvalue weighted by Crippen LogP contribution is 2.28. The molecule has 1 aromatic rings. The lowest BCUT2D eigenvalue weighted by Crippen LogP contribution is -2.23. The van der Waals surface area contributed by atoms with Crippen molar-refractivity contribution in [3.05, 3.63) is 12.2 Å². The van der Waals surface area contributed by atoms with E-state index < -0.39 is 0 Å². The molecule has 2 rings (SSSR count). The lowest BCUT2D eigenvalue weighted by molar-refractivity contribution is -0.128. The second-order valence-electron chi connectivity index (χ2n) is 5.20. The quantitative estimate of drug-likeness (QED) is 0.819. The fraction of sp³-hybridized carbons (Fsp3) is 0.769. The van der Waals surface area contributed by atoms with Crippen molar-refractivity contribution in [2.45, 2.75) is 51.0 Å². The summed E-state index contributed by atoms with van der Waals surface area (Å²) in [5.41, 5.74) is 0. The van der Waals surface area contributed by atoms with Crippen LogP contribution in [0.2, 0.25) is 0 Å². The molecule has 18 heavy (non-hydrogen) atoms. The number of nitrogens with zero attached hydrogens (tertiary/aromatic N) is 4. The zero-order chi connectivity index (χ0) is 13.0. The van der Waals surface area contributed by atoms with Gasteiger partial charge in [-0.3, -0.25) is 4.79 Å². The predicted octanol–water partition coefficient (Wildman–Crippen LogP) is 1.80. The second-order valence-corrected chi connectivity index (χ2v) is 5.20. The van der Waals surface area contributed by atoms with Crippen LogP contribution in [-0.2, 0) is 11.2 Å². The van der Waals surface area contributed by atoms with Crippen molar-refractivity contribution in [2.24, 2.45) is 0 Å². The number of hydrogen-bond acceptors (Lipinski definition) is 3. The van der Waals surface area contributed by atoms with Crippen LogP contribution < -0.4 is 0 Å². The fourth-order valence-corrected chi connectivity index (χ4v) is 2.53. The lowest BCUT2D eigenvalue weighted by atomic mass is 9.95. The van der Waals surface area contributed by atoms with Gasteiger partial charge in [-0.15, -0.1) is 0 Å². The third-order valence-electron chi connectivity index (χ3n) is 3.63. The molecule has 5 heteroatoms. The van der Waals surface area contributed by atoms with Crippen molar-refractivity contribution in [2.75, 3.05) is 14.1 Å². The zero-order valence-electron chi connectivity index (χ0n) is 11.3. The van der Waals surface area contributed by atoms with Gasteiger partial charge in [-0.25, -0.2) is 9.67 Å². The molecule has 0 radical (unpaired) electrons. The Morgan fingerprint density at radius 1 is 1.39 bits per heavy atom. The normalized spacial score (nSPS) is 16.8. The van der Waals surface area contributed by atoms with Crippen molar-refractivity contribution >= 4 is 5.91 Å². The Hall–Kier alpha value is -1.39. The Morgan fingerprint density at radius 2 is 2.11 bits per heavy atom. The largest absolute Gasteiger partial charge is 0.349 e. The highest BCUT2D eigenvalue weighted by atomic mass is 16.2. The topological polar surface area (TPSA) is 51.0 Å². The van der Waals surface area contributed by atoms with Crippen molar-refractivity contribution in [1.29, 1.82) is 0 Å². The zero-order valence-corrected chi connectivity index (χ0v) is 11.3. The van der Waals surface area contributed by atoms with Gasteiger partial charge in [-0.1, -0.05) is 19.3 Å². The van der Waals surface area contributed by atoms with Crippen LogP contribution in [0.1, 0.15) is 50.4 Å². The number of carbonyl (C=O) groups excluding carboxylic acids is 1. The highest BCUT2D eigenvalue weighted by Gasteiger charge is 2.19. The maximum absolute atomic E-state index is 11.6. The van der Waals surface area contributed by atoms with E-state index >= 15 is 0 Å². The van der Waals surface area contributed by atoms with Gasteiger partial charge in [0.05, 0.1) is 6.04 Å². The first kappa shape index (κ1) is 13.1. The van der Waals surface area contributed by atoms with E-state index in [9.17, 15) is 4.79 Å². The van der Waals surface area contributed by atoms with Crippen LogP contribution in [0.5, 0.6) is 0 Å². The van der Waals surface area contributed by atoms with E-state index in [2.05, 4.69) is 10.1 Å². The van der Waals surface area contributed by atoms with E-state index in [-0.39, 0.29) is 5.91 Å². The van der Waals surface area contributed by atoms with Gasteiger partial charge in [0.1, 0.15) is 12.2 Å². The third kappa shape index (κ3) is 3.09. The first-order valence-corrected chi connectivity index (χ1v) is 6.77. The molecule has 0 atom stereocenters. The van der Waals surface area contributed by atoms with Crippen molar-refractivity contribution in [1.82, 2.24) is 19.7 Å². The average molecular weight is 250 g/mol. The summed E-state index contributed by atoms with van der Waals surface area (Å²) in [6.45, 7) is 0. The molecule has 0 bridgehead atoms. The van der Waals surface area contributed by atoms with Gasteiger partial charge in [-0.2, -0.15) is 5.10 Å². The monoisotopic (exact) mass is 250 g/mol. The summed E-state index contributed by atoms with van der Waals surface area (Å²) in [6, 6.07) is 0.491. The summed E-state index contributed by atoms with van der Waals surface area (Å²) in [6.07, 6.45) is 9.09. The van der Waals surface area contributed by atoms with Crippen molar-refractivity contribution in [3.63, 3.8) is 0 Å². The van der Waals surface area contributed by atoms with Gasteiger partial charge < -0.3 is 4.90 Å². The Balaban J connectivity index is 1.96. The van der Waals surface area contributed by atoms with Crippen molar-refractivity contribution < 1.29 is 4.79 Å². The summed E-state index contributed by atoms with van der Waals surface area (Å²) in [5, 5.41) is 4.34. The molecule has 0 spiro atoms. The third-order valence-corrected chi connectivity index (χ3v) is 3.63. The van der Waals surface area contributed by atoms with Gasteiger partial charge in [0.15, 0.2) is 0 Å². The van der Waals surface area contributed by atoms with E-state index in [0.717, 1.165) is 5.82 Å². The molecule has 100 valence electrons. The molecule has 0 saturated heterocycles. The number of carbonyl (C=O) groups is 1. The molecule has 0 unspecified atom stereocenters. The van der Waals surface area contributed by atoms with Gasteiger partial charge in [-0.05, 0) is 12.8 Å². The van der Waals surface area contributed by atoms with Crippen LogP contribution in [0.25, 0.3) is 0 Å². The van der Waals surface area contributed by atoms with Crippen LogP contribution in [0.3, 0.4) is 0 Å². The molecule has 5 nitrogen and oxygen atoms in total. The lowest BCUT2D eigenvalue weighted by Gasteiger charge is -2.23. The van der Waals surface area contributed by atoms with Gasteiger partial charge >= 0.3 is 0 Å². The predicted molar refractivity (Wildman–Crippen MR) is 69.2 cm³/mol. The molecule has 1 aliphatic carbocycles. The van der Waals surface area contributed by atoms with Crippen LogP contribution in [0.4, 0.5) is 0 Å². The molecular weight excluding hydrogens is 228 g/mol. The Bertz CT molecular complexity index is 393. The van der Waals surface area contributed by atoms with E-state index in [4.69, 9.17) is 0 Å². The number of aryl methyl sites for hydroxylation is 1. The van der Waals surface area contributed by atoms with Gasteiger partial charge in [0, 0.05) is 26.9 Å². The molecule has 1 heterocycles. The Labute approximate surface area is 108 Å². The standard InChI is InChI=1S/C13H22N4O/c1-16(2)13(18)9-8-12-14-10-15-17(12)11-6-4-3-5-7-11/h10-11H,3-9H2,1-2H3. The number of aromatic nitrogens is 3. The first-order valence-electron chi connectivity index (χ1n) is 6.77. The van der Waals surface area contributed by atoms with Gasteiger partial charge in [0.25, 0.3) is 0 Å². The fourth-order valence-electron chi connectivity index (χ4n) is 2.53. The SMILES string of the molecule is CN(C)C(=O)CCc1ncnn1C1CCCCC1. The van der Waals surface area contributed by atoms with Gasteiger partial charge in [0.2, 0.25) is 5.91 Å². The number of rotatable bonds is 4. The van der Waals surface area contributed by atoms with E-state index in [1.807, 2.05) is 4.68 Å². The molecule has 0 aromatic carbocycles. The minimum atomic E-state index is 0.146. The summed E-state index contributed by atoms with van der Waals surface area (Å²) in [5.74, 6) is 1.10. The van der Waals surface area contributed by atoms with E-state index in [1.54, 1.807) is 25.3 Å². The summed E-state index contributed by atoms with van der Waals surface area (Å²) in [4.78, 5) is 17.5. The Kier molecular flexibility index (Phi) is 4.33. The number of amides is 1. The number of hydrogen-bond donors (Lipinski definition) is 0. The summed E-state index contributed by atoms with van der Waals surface area (Å²) < 4.78 is 2.04. The molecule has 1 aromatic heterocycles. The Morgan fingerprint density at radius 3 is 2.78 bits per heavy atom. The molecule has 1 aliphatic rings. The highest BCUT2D eigenvalue weighted by molar-refractivity contribution is 5.75. The molecule has 1 amide bonds. The molecule has 1 saturated carbocycles. The van der Waals surface area contributed by atoms with Crippen LogP contribution in [0.15, 0.2) is 6.33 Å².